The van der Waals surface area contributed by atoms with Gasteiger partial charge in [0.05, 0.1) is 13.0 Å². The minimum absolute atomic E-state index is 0.216. The molecule has 0 amide bonds. The van der Waals surface area contributed by atoms with Crippen LogP contribution >= 0.6 is 0 Å². The van der Waals surface area contributed by atoms with Gasteiger partial charge in [0.1, 0.15) is 11.7 Å². The molecule has 1 heterocycles. The van der Waals surface area contributed by atoms with Crippen molar-refractivity contribution in [3.63, 3.8) is 0 Å². The molecule has 138 valence electrons. The second-order valence-corrected chi connectivity index (χ2v) is 8.61. The van der Waals surface area contributed by atoms with Gasteiger partial charge in [-0.1, -0.05) is 26.0 Å². The quantitative estimate of drug-likeness (QED) is 0.409. The van der Waals surface area contributed by atoms with E-state index < -0.39 is 0 Å². The van der Waals surface area contributed by atoms with Crippen LogP contribution < -0.4 is 0 Å². The van der Waals surface area contributed by atoms with Crippen molar-refractivity contribution in [2.75, 3.05) is 7.11 Å². The van der Waals surface area contributed by atoms with Crippen molar-refractivity contribution in [3.05, 3.63) is 12.2 Å². The molecule has 2 fully saturated rings. The fourth-order valence-corrected chi connectivity index (χ4v) is 4.27. The highest BCUT2D eigenvalue weighted by Gasteiger charge is 2.40. The van der Waals surface area contributed by atoms with E-state index in [1.165, 1.54) is 25.5 Å². The molecule has 2 aliphatic rings. The molecule has 0 N–H and O–H groups in total. The zero-order valence-electron chi connectivity index (χ0n) is 16.0. The first-order valence-electron chi connectivity index (χ1n) is 9.28. The summed E-state index contributed by atoms with van der Waals surface area (Å²) < 4.78 is 4.79. The lowest BCUT2D eigenvalue weighted by Gasteiger charge is -2.43. The fraction of sp³-hybridized carbons (Fsp3) is 0.850. The molecule has 1 aliphatic carbocycles. The average Bonchev–Trinajstić information content (AvgIpc) is 2.53. The fourth-order valence-electron chi connectivity index (χ4n) is 4.27. The van der Waals surface area contributed by atoms with E-state index in [0.29, 0.717) is 11.3 Å². The van der Waals surface area contributed by atoms with Crippen LogP contribution in [0.15, 0.2) is 12.2 Å². The number of rotatable bonds is 5. The second kappa shape index (κ2) is 7.57. The molecule has 2 rings (SSSR count). The Bertz CT molecular complexity index is 460. The number of carbonyl (C=O) groups is 1. The first-order valence-corrected chi connectivity index (χ1v) is 9.28. The molecule has 0 aromatic rings. The van der Waals surface area contributed by atoms with E-state index >= 15 is 0 Å². The molecule has 1 unspecified atom stereocenters. The minimum Gasteiger partial charge on any atom is -0.469 e. The third-order valence-electron chi connectivity index (χ3n) is 6.18. The predicted molar refractivity (Wildman–Crippen MR) is 94.3 cm³/mol. The zero-order valence-corrected chi connectivity index (χ0v) is 16.0. The van der Waals surface area contributed by atoms with Gasteiger partial charge in [-0.2, -0.15) is 0 Å². The first-order chi connectivity index (χ1) is 11.2. The van der Waals surface area contributed by atoms with Crippen LogP contribution in [-0.4, -0.2) is 24.8 Å². The Morgan fingerprint density at radius 1 is 1.38 bits per heavy atom. The van der Waals surface area contributed by atoms with Gasteiger partial charge >= 0.3 is 5.97 Å². The third kappa shape index (κ3) is 4.40. The number of ether oxygens (including phenoxy) is 1. The molecule has 4 nitrogen and oxygen atoms in total. The van der Waals surface area contributed by atoms with Crippen LogP contribution in [0.2, 0.25) is 0 Å². The monoisotopic (exact) mass is 338 g/mol. The summed E-state index contributed by atoms with van der Waals surface area (Å²) in [6.45, 7) is 13.0. The standard InChI is InChI=1S/C20H34O4/c1-14-8-7-11-19(3,4)16(14)9-12-20(5)13-10-17(23-24-20)15(2)18(21)22-6/h15-17H,1,7-13H2,2-6H3/t15-,16?,17+,20-/m1/s1. The lowest BCUT2D eigenvalue weighted by Crippen LogP contribution is -2.42. The molecule has 0 bridgehead atoms. The van der Waals surface area contributed by atoms with Crippen molar-refractivity contribution in [2.45, 2.75) is 84.3 Å². The van der Waals surface area contributed by atoms with Gasteiger partial charge in [-0.05, 0) is 70.1 Å². The number of methoxy groups -OCH3 is 1. The van der Waals surface area contributed by atoms with Crippen LogP contribution in [0.25, 0.3) is 0 Å². The Morgan fingerprint density at radius 3 is 2.62 bits per heavy atom. The Labute approximate surface area is 146 Å². The van der Waals surface area contributed by atoms with Crippen molar-refractivity contribution >= 4 is 5.97 Å². The lowest BCUT2D eigenvalue weighted by molar-refractivity contribution is -0.411. The molecule has 24 heavy (non-hydrogen) atoms. The van der Waals surface area contributed by atoms with E-state index in [0.717, 1.165) is 32.1 Å². The molecule has 0 spiro atoms. The Morgan fingerprint density at radius 2 is 2.08 bits per heavy atom. The molecule has 1 saturated heterocycles. The summed E-state index contributed by atoms with van der Waals surface area (Å²) in [4.78, 5) is 23.0. The van der Waals surface area contributed by atoms with Crippen LogP contribution in [0, 0.1) is 17.3 Å². The first kappa shape index (κ1) is 19.5. The molecular formula is C20H34O4. The van der Waals surface area contributed by atoms with E-state index in [1.807, 2.05) is 6.92 Å². The van der Waals surface area contributed by atoms with E-state index in [2.05, 4.69) is 27.4 Å². The maximum Gasteiger partial charge on any atom is 0.311 e. The van der Waals surface area contributed by atoms with Crippen molar-refractivity contribution in [3.8, 4) is 0 Å². The summed E-state index contributed by atoms with van der Waals surface area (Å²) >= 11 is 0. The molecule has 1 aliphatic heterocycles. The lowest BCUT2D eigenvalue weighted by atomic mass is 9.64. The Hall–Kier alpha value is -0.870. The number of hydrogen-bond donors (Lipinski definition) is 0. The summed E-state index contributed by atoms with van der Waals surface area (Å²) in [5.41, 5.74) is 1.44. The van der Waals surface area contributed by atoms with Gasteiger partial charge in [0.25, 0.3) is 0 Å². The van der Waals surface area contributed by atoms with E-state index in [-0.39, 0.29) is 23.6 Å². The topological polar surface area (TPSA) is 44.8 Å². The highest BCUT2D eigenvalue weighted by molar-refractivity contribution is 5.72. The molecule has 0 radical (unpaired) electrons. The maximum atomic E-state index is 11.6. The second-order valence-electron chi connectivity index (χ2n) is 8.61. The van der Waals surface area contributed by atoms with Gasteiger partial charge in [0.15, 0.2) is 0 Å². The summed E-state index contributed by atoms with van der Waals surface area (Å²) in [6, 6.07) is 0. The van der Waals surface area contributed by atoms with Gasteiger partial charge in [0, 0.05) is 0 Å². The van der Waals surface area contributed by atoms with E-state index in [1.54, 1.807) is 0 Å². The predicted octanol–water partition coefficient (Wildman–Crippen LogP) is 4.83. The van der Waals surface area contributed by atoms with Gasteiger partial charge in [-0.15, -0.1) is 0 Å². The molecule has 4 atom stereocenters. The molecule has 0 aromatic heterocycles. The van der Waals surface area contributed by atoms with Crippen molar-refractivity contribution in [1.82, 2.24) is 0 Å². The van der Waals surface area contributed by atoms with Crippen LogP contribution in [0.4, 0.5) is 0 Å². The van der Waals surface area contributed by atoms with Crippen LogP contribution in [-0.2, 0) is 19.3 Å². The maximum absolute atomic E-state index is 11.6. The molecule has 4 heteroatoms. The molecule has 0 aromatic carbocycles. The normalized spacial score (nSPS) is 34.6. The van der Waals surface area contributed by atoms with E-state index in [9.17, 15) is 4.79 Å². The van der Waals surface area contributed by atoms with Crippen LogP contribution in [0.1, 0.15) is 72.6 Å². The van der Waals surface area contributed by atoms with Crippen LogP contribution in [0.5, 0.6) is 0 Å². The summed E-state index contributed by atoms with van der Waals surface area (Å²) in [7, 11) is 1.41. The summed E-state index contributed by atoms with van der Waals surface area (Å²) in [5, 5.41) is 0. The largest absolute Gasteiger partial charge is 0.469 e. The van der Waals surface area contributed by atoms with E-state index in [4.69, 9.17) is 14.5 Å². The van der Waals surface area contributed by atoms with Crippen molar-refractivity contribution in [2.24, 2.45) is 17.3 Å². The number of esters is 1. The SMILES string of the molecule is C=C1CCCC(C)(C)C1CC[C@]1(C)CC[C@@H]([C@@H](C)C(=O)OC)OO1. The number of hydrogen-bond acceptors (Lipinski definition) is 4. The Balaban J connectivity index is 1.87. The average molecular weight is 338 g/mol. The number of carbonyl (C=O) groups excluding carboxylic acids is 1. The third-order valence-corrected chi connectivity index (χ3v) is 6.18. The molecular weight excluding hydrogens is 304 g/mol. The highest BCUT2D eigenvalue weighted by Crippen LogP contribution is 2.47. The van der Waals surface area contributed by atoms with Gasteiger partial charge < -0.3 is 4.74 Å². The van der Waals surface area contributed by atoms with Gasteiger partial charge in [-0.3, -0.25) is 4.79 Å². The van der Waals surface area contributed by atoms with Crippen molar-refractivity contribution in [1.29, 1.82) is 0 Å². The number of allylic oxidation sites excluding steroid dienone is 1. The minimum atomic E-state index is -0.295. The van der Waals surface area contributed by atoms with Crippen molar-refractivity contribution < 1.29 is 19.3 Å². The smallest absolute Gasteiger partial charge is 0.311 e. The summed E-state index contributed by atoms with van der Waals surface area (Å²) in [5.74, 6) is 0.0162. The highest BCUT2D eigenvalue weighted by atomic mass is 17.2. The molecule has 1 saturated carbocycles. The van der Waals surface area contributed by atoms with Crippen LogP contribution in [0.3, 0.4) is 0 Å². The summed E-state index contributed by atoms with van der Waals surface area (Å²) in [6.07, 6.45) is 7.23. The van der Waals surface area contributed by atoms with Gasteiger partial charge in [-0.25, -0.2) is 9.78 Å². The zero-order chi connectivity index (χ0) is 18.0. The van der Waals surface area contributed by atoms with Gasteiger partial charge in [0.2, 0.25) is 0 Å². The Kier molecular flexibility index (Phi) is 6.14.